The fourth-order valence-electron chi connectivity index (χ4n) is 3.27. The lowest BCUT2D eigenvalue weighted by Gasteiger charge is -2.24. The van der Waals surface area contributed by atoms with E-state index in [4.69, 9.17) is 9.26 Å². The van der Waals surface area contributed by atoms with Gasteiger partial charge in [-0.05, 0) is 31.9 Å². The van der Waals surface area contributed by atoms with Crippen LogP contribution < -0.4 is 4.90 Å². The van der Waals surface area contributed by atoms with Crippen molar-refractivity contribution >= 4 is 11.4 Å². The lowest BCUT2D eigenvalue weighted by molar-refractivity contribution is -0.384. The van der Waals surface area contributed by atoms with Crippen molar-refractivity contribution in [2.75, 3.05) is 38.2 Å². The Hall–Kier alpha value is -2.52. The number of non-ortho nitro benzene ring substituents is 1. The molecule has 1 aliphatic heterocycles. The van der Waals surface area contributed by atoms with E-state index >= 15 is 0 Å². The fraction of sp³-hybridized carbons (Fsp3) is 0.556. The minimum absolute atomic E-state index is 0.130. The number of hydrogen-bond acceptors (Lipinski definition) is 8. The van der Waals surface area contributed by atoms with Crippen molar-refractivity contribution in [3.63, 3.8) is 0 Å². The van der Waals surface area contributed by atoms with Gasteiger partial charge in [0.05, 0.1) is 11.5 Å². The summed E-state index contributed by atoms with van der Waals surface area (Å²) in [5.41, 5.74) is 2.11. The molecule has 0 aliphatic carbocycles. The van der Waals surface area contributed by atoms with E-state index in [1.54, 1.807) is 19.2 Å². The normalized spacial score (nSPS) is 16.9. The summed E-state index contributed by atoms with van der Waals surface area (Å²) in [5, 5.41) is 14.9. The maximum Gasteiger partial charge on any atom is 0.269 e. The largest absolute Gasteiger partial charge is 0.374 e. The van der Waals surface area contributed by atoms with Crippen molar-refractivity contribution in [2.45, 2.75) is 32.9 Å². The smallest absolute Gasteiger partial charge is 0.269 e. The summed E-state index contributed by atoms with van der Waals surface area (Å²) < 4.78 is 10.5. The van der Waals surface area contributed by atoms with Crippen LogP contribution >= 0.6 is 0 Å². The van der Waals surface area contributed by atoms with E-state index in [9.17, 15) is 10.1 Å². The minimum atomic E-state index is -0.357. The maximum absolute atomic E-state index is 10.9. The number of benzene rings is 1. The SMILES string of the molecule is COC(C)c1noc(CN2CCCN(c3ccc([N+](=O)[O-])cc3C)CC2)n1. The highest BCUT2D eigenvalue weighted by Gasteiger charge is 2.20. The van der Waals surface area contributed by atoms with Gasteiger partial charge in [-0.2, -0.15) is 4.98 Å². The molecular weight excluding hydrogens is 350 g/mol. The number of aromatic nitrogens is 2. The van der Waals surface area contributed by atoms with Crippen molar-refractivity contribution in [1.29, 1.82) is 0 Å². The Bertz CT molecular complexity index is 794. The zero-order valence-electron chi connectivity index (χ0n) is 15.9. The monoisotopic (exact) mass is 375 g/mol. The van der Waals surface area contributed by atoms with Crippen LogP contribution in [0.5, 0.6) is 0 Å². The predicted octanol–water partition coefficient (Wildman–Crippen LogP) is 2.71. The number of anilines is 1. The molecule has 0 N–H and O–H groups in total. The van der Waals surface area contributed by atoms with Crippen molar-refractivity contribution in [3.8, 4) is 0 Å². The van der Waals surface area contributed by atoms with Gasteiger partial charge < -0.3 is 14.2 Å². The van der Waals surface area contributed by atoms with Crippen LogP contribution in [0, 0.1) is 17.0 Å². The molecule has 27 heavy (non-hydrogen) atoms. The topological polar surface area (TPSA) is 97.8 Å². The molecule has 0 amide bonds. The predicted molar refractivity (Wildman–Crippen MR) is 99.7 cm³/mol. The molecule has 0 spiro atoms. The minimum Gasteiger partial charge on any atom is -0.374 e. The third-order valence-corrected chi connectivity index (χ3v) is 4.88. The molecule has 3 rings (SSSR count). The Kier molecular flexibility index (Phi) is 6.02. The second kappa shape index (κ2) is 8.45. The van der Waals surface area contributed by atoms with Crippen LogP contribution in [0.15, 0.2) is 22.7 Å². The first kappa shape index (κ1) is 19.2. The molecule has 0 radical (unpaired) electrons. The van der Waals surface area contributed by atoms with E-state index in [1.807, 2.05) is 19.9 Å². The molecule has 1 saturated heterocycles. The van der Waals surface area contributed by atoms with E-state index in [-0.39, 0.29) is 16.7 Å². The summed E-state index contributed by atoms with van der Waals surface area (Å²) in [7, 11) is 1.62. The molecule has 9 nitrogen and oxygen atoms in total. The molecule has 9 heteroatoms. The zero-order chi connectivity index (χ0) is 19.4. The van der Waals surface area contributed by atoms with Gasteiger partial charge in [-0.25, -0.2) is 0 Å². The van der Waals surface area contributed by atoms with E-state index in [2.05, 4.69) is 19.9 Å². The summed E-state index contributed by atoms with van der Waals surface area (Å²) >= 11 is 0. The Morgan fingerprint density at radius 1 is 1.33 bits per heavy atom. The number of rotatable bonds is 6. The first-order chi connectivity index (χ1) is 13.0. The molecule has 2 aromatic rings. The third-order valence-electron chi connectivity index (χ3n) is 4.88. The second-order valence-electron chi connectivity index (χ2n) is 6.77. The average molecular weight is 375 g/mol. The van der Waals surface area contributed by atoms with E-state index in [0.717, 1.165) is 43.9 Å². The second-order valence-corrected chi connectivity index (χ2v) is 6.77. The van der Waals surface area contributed by atoms with Gasteiger partial charge in [0.25, 0.3) is 5.69 Å². The summed E-state index contributed by atoms with van der Waals surface area (Å²) in [6.45, 7) is 7.94. The Morgan fingerprint density at radius 2 is 2.15 bits per heavy atom. The molecule has 2 heterocycles. The summed E-state index contributed by atoms with van der Waals surface area (Å²) in [5.74, 6) is 1.15. The van der Waals surface area contributed by atoms with Crippen LogP contribution in [0.25, 0.3) is 0 Å². The molecule has 1 aliphatic rings. The lowest BCUT2D eigenvalue weighted by Crippen LogP contribution is -2.31. The van der Waals surface area contributed by atoms with Crippen LogP contribution in [-0.2, 0) is 11.3 Å². The molecule has 146 valence electrons. The molecular formula is C18H25N5O4. The van der Waals surface area contributed by atoms with Crippen LogP contribution in [-0.4, -0.2) is 53.3 Å². The number of nitro benzene ring substituents is 1. The number of aryl methyl sites for hydroxylation is 1. The van der Waals surface area contributed by atoms with Gasteiger partial charge in [0, 0.05) is 51.1 Å². The van der Waals surface area contributed by atoms with E-state index in [0.29, 0.717) is 18.3 Å². The number of hydrogen-bond donors (Lipinski definition) is 0. The summed E-state index contributed by atoms with van der Waals surface area (Å²) in [4.78, 5) is 19.5. The van der Waals surface area contributed by atoms with Crippen molar-refractivity contribution in [3.05, 3.63) is 45.6 Å². The molecule has 0 bridgehead atoms. The van der Waals surface area contributed by atoms with E-state index < -0.39 is 0 Å². The Morgan fingerprint density at radius 3 is 2.85 bits per heavy atom. The van der Waals surface area contributed by atoms with Gasteiger partial charge >= 0.3 is 0 Å². The van der Waals surface area contributed by atoms with Gasteiger partial charge in [0.1, 0.15) is 6.10 Å². The van der Waals surface area contributed by atoms with E-state index in [1.165, 1.54) is 0 Å². The van der Waals surface area contributed by atoms with Crippen LogP contribution in [0.3, 0.4) is 0 Å². The Balaban J connectivity index is 1.62. The molecule has 1 unspecified atom stereocenters. The standard InChI is InChI=1S/C18H25N5O4/c1-13-11-15(23(24)25)5-6-16(13)22-8-4-7-21(9-10-22)12-17-19-18(20-27-17)14(2)26-3/h5-6,11,14H,4,7-10,12H2,1-3H3. The van der Waals surface area contributed by atoms with Gasteiger partial charge in [0.2, 0.25) is 5.89 Å². The van der Waals surface area contributed by atoms with Crippen LogP contribution in [0.1, 0.15) is 36.7 Å². The fourth-order valence-corrected chi connectivity index (χ4v) is 3.27. The van der Waals surface area contributed by atoms with Crippen molar-refractivity contribution in [1.82, 2.24) is 15.0 Å². The first-order valence-electron chi connectivity index (χ1n) is 9.05. The van der Waals surface area contributed by atoms with Gasteiger partial charge in [-0.1, -0.05) is 5.16 Å². The average Bonchev–Trinajstić information content (AvgIpc) is 3.00. The zero-order valence-corrected chi connectivity index (χ0v) is 15.9. The van der Waals surface area contributed by atoms with Crippen molar-refractivity contribution in [2.24, 2.45) is 0 Å². The summed E-state index contributed by atoms with van der Waals surface area (Å²) in [6.07, 6.45) is 0.804. The summed E-state index contributed by atoms with van der Waals surface area (Å²) in [6, 6.07) is 5.05. The number of ether oxygens (including phenoxy) is 1. The highest BCUT2D eigenvalue weighted by molar-refractivity contribution is 5.57. The van der Waals surface area contributed by atoms with Gasteiger partial charge in [-0.3, -0.25) is 15.0 Å². The van der Waals surface area contributed by atoms with Crippen LogP contribution in [0.4, 0.5) is 11.4 Å². The third kappa shape index (κ3) is 4.61. The lowest BCUT2D eigenvalue weighted by atomic mass is 10.1. The molecule has 1 fully saturated rings. The maximum atomic E-state index is 10.9. The van der Waals surface area contributed by atoms with Crippen molar-refractivity contribution < 1.29 is 14.2 Å². The number of nitrogens with zero attached hydrogens (tertiary/aromatic N) is 5. The molecule has 0 saturated carbocycles. The number of nitro groups is 1. The van der Waals surface area contributed by atoms with Gasteiger partial charge in [-0.15, -0.1) is 0 Å². The number of methoxy groups -OCH3 is 1. The highest BCUT2D eigenvalue weighted by atomic mass is 16.6. The molecule has 1 aromatic carbocycles. The van der Waals surface area contributed by atoms with Crippen LogP contribution in [0.2, 0.25) is 0 Å². The Labute approximate surface area is 158 Å². The first-order valence-corrected chi connectivity index (χ1v) is 9.05. The highest BCUT2D eigenvalue weighted by Crippen LogP contribution is 2.26. The molecule has 1 atom stereocenters. The quantitative estimate of drug-likeness (QED) is 0.561. The molecule has 1 aromatic heterocycles. The van der Waals surface area contributed by atoms with Gasteiger partial charge in [0.15, 0.2) is 5.82 Å².